The van der Waals surface area contributed by atoms with Crippen LogP contribution < -0.4 is 5.32 Å². The molecular weight excluding hydrogens is 240 g/mol. The number of carbonyl (C=O) groups is 2. The van der Waals surface area contributed by atoms with Gasteiger partial charge in [-0.25, -0.2) is 4.79 Å². The first kappa shape index (κ1) is 13.1. The Kier molecular flexibility index (Phi) is 3.72. The van der Waals surface area contributed by atoms with Gasteiger partial charge in [-0.3, -0.25) is 4.79 Å². The molecule has 1 aliphatic heterocycles. The first-order chi connectivity index (χ1) is 8.59. The van der Waals surface area contributed by atoms with Crippen LogP contribution in [0.25, 0.3) is 0 Å². The zero-order valence-corrected chi connectivity index (χ0v) is 10.1. The number of carboxylic acids is 1. The molecular formula is C11H18N2O5. The molecule has 0 aromatic carbocycles. The summed E-state index contributed by atoms with van der Waals surface area (Å²) < 4.78 is 5.17. The Morgan fingerprint density at radius 1 is 1.44 bits per heavy atom. The van der Waals surface area contributed by atoms with Gasteiger partial charge in [0.1, 0.15) is 0 Å². The van der Waals surface area contributed by atoms with E-state index in [9.17, 15) is 9.59 Å². The van der Waals surface area contributed by atoms with Gasteiger partial charge in [0.2, 0.25) is 0 Å². The fourth-order valence-corrected chi connectivity index (χ4v) is 2.04. The van der Waals surface area contributed by atoms with Gasteiger partial charge in [-0.2, -0.15) is 0 Å². The second-order valence-electron chi connectivity index (χ2n) is 4.85. The smallest absolute Gasteiger partial charge is 0.317 e. The summed E-state index contributed by atoms with van der Waals surface area (Å²) >= 11 is 0. The molecule has 1 saturated heterocycles. The average molecular weight is 258 g/mol. The van der Waals surface area contributed by atoms with Crippen molar-refractivity contribution < 1.29 is 24.5 Å². The number of amides is 2. The topological polar surface area (TPSA) is 99.1 Å². The molecule has 2 fully saturated rings. The third kappa shape index (κ3) is 2.56. The quantitative estimate of drug-likeness (QED) is 0.616. The van der Waals surface area contributed by atoms with E-state index in [4.69, 9.17) is 14.9 Å². The third-order valence-corrected chi connectivity index (χ3v) is 3.58. The Labute approximate surface area is 105 Å². The van der Waals surface area contributed by atoms with E-state index in [0.29, 0.717) is 32.6 Å². The van der Waals surface area contributed by atoms with Crippen molar-refractivity contribution in [2.75, 3.05) is 32.9 Å². The van der Waals surface area contributed by atoms with Crippen LogP contribution in [-0.2, 0) is 9.53 Å². The first-order valence-electron chi connectivity index (χ1n) is 6.05. The Bertz CT molecular complexity index is 342. The van der Waals surface area contributed by atoms with E-state index < -0.39 is 11.4 Å². The summed E-state index contributed by atoms with van der Waals surface area (Å²) in [6.07, 6.45) is 1.21. The summed E-state index contributed by atoms with van der Waals surface area (Å²) in [7, 11) is 0. The number of aliphatic carboxylic acids is 1. The van der Waals surface area contributed by atoms with Crippen molar-refractivity contribution in [3.8, 4) is 0 Å². The second-order valence-corrected chi connectivity index (χ2v) is 4.85. The van der Waals surface area contributed by atoms with Gasteiger partial charge in [0.25, 0.3) is 0 Å². The molecule has 1 unspecified atom stereocenters. The van der Waals surface area contributed by atoms with Gasteiger partial charge in [-0.1, -0.05) is 0 Å². The van der Waals surface area contributed by atoms with Crippen LogP contribution in [0.15, 0.2) is 0 Å². The largest absolute Gasteiger partial charge is 0.481 e. The van der Waals surface area contributed by atoms with Crippen molar-refractivity contribution in [1.82, 2.24) is 10.2 Å². The third-order valence-electron chi connectivity index (χ3n) is 3.58. The molecule has 2 rings (SSSR count). The number of hydrogen-bond acceptors (Lipinski definition) is 4. The summed E-state index contributed by atoms with van der Waals surface area (Å²) in [6.45, 7) is 1.16. The summed E-state index contributed by atoms with van der Waals surface area (Å²) in [6, 6.07) is -0.677. The van der Waals surface area contributed by atoms with Gasteiger partial charge >= 0.3 is 12.0 Å². The molecule has 7 nitrogen and oxygen atoms in total. The van der Waals surface area contributed by atoms with Crippen LogP contribution in [0.1, 0.15) is 12.8 Å². The minimum atomic E-state index is -0.858. The molecule has 18 heavy (non-hydrogen) atoms. The molecule has 2 aliphatic rings. The number of aliphatic hydroxyl groups is 1. The van der Waals surface area contributed by atoms with Crippen molar-refractivity contribution in [1.29, 1.82) is 0 Å². The Balaban J connectivity index is 1.85. The highest BCUT2D eigenvalue weighted by Crippen LogP contribution is 2.45. The molecule has 7 heteroatoms. The van der Waals surface area contributed by atoms with Crippen molar-refractivity contribution in [2.24, 2.45) is 5.41 Å². The van der Waals surface area contributed by atoms with E-state index >= 15 is 0 Å². The van der Waals surface area contributed by atoms with Gasteiger partial charge in [-0.15, -0.1) is 0 Å². The molecule has 102 valence electrons. The normalized spacial score (nSPS) is 25.6. The van der Waals surface area contributed by atoms with Crippen LogP contribution in [0.5, 0.6) is 0 Å². The highest BCUT2D eigenvalue weighted by molar-refractivity contribution is 5.80. The summed E-state index contributed by atoms with van der Waals surface area (Å²) in [5, 5.41) is 20.8. The lowest BCUT2D eigenvalue weighted by Gasteiger charge is -2.34. The Morgan fingerprint density at radius 3 is 2.72 bits per heavy atom. The van der Waals surface area contributed by atoms with E-state index in [1.54, 1.807) is 0 Å². The molecule has 1 heterocycles. The number of carbonyl (C=O) groups excluding carboxylic acids is 1. The molecule has 0 aromatic heterocycles. The highest BCUT2D eigenvalue weighted by Gasteiger charge is 2.50. The maximum absolute atomic E-state index is 11.9. The second kappa shape index (κ2) is 5.11. The number of nitrogens with zero attached hydrogens (tertiary/aromatic N) is 1. The zero-order valence-electron chi connectivity index (χ0n) is 10.1. The molecule has 0 radical (unpaired) electrons. The fraction of sp³-hybridized carbons (Fsp3) is 0.818. The van der Waals surface area contributed by atoms with E-state index in [1.807, 2.05) is 0 Å². The van der Waals surface area contributed by atoms with Crippen LogP contribution in [-0.4, -0.2) is 66.1 Å². The summed E-state index contributed by atoms with van der Waals surface area (Å²) in [5.74, 6) is -0.858. The predicted octanol–water partition coefficient (Wildman–Crippen LogP) is -0.746. The molecule has 1 saturated carbocycles. The van der Waals surface area contributed by atoms with Crippen LogP contribution in [0.4, 0.5) is 4.79 Å². The lowest BCUT2D eigenvalue weighted by molar-refractivity contribution is -0.143. The van der Waals surface area contributed by atoms with Gasteiger partial charge in [0.15, 0.2) is 0 Å². The lowest BCUT2D eigenvalue weighted by atomic mass is 10.1. The molecule has 0 bridgehead atoms. The maximum Gasteiger partial charge on any atom is 0.317 e. The van der Waals surface area contributed by atoms with Crippen LogP contribution in [0.2, 0.25) is 0 Å². The number of ether oxygens (including phenoxy) is 1. The fourth-order valence-electron chi connectivity index (χ4n) is 2.04. The first-order valence-corrected chi connectivity index (χ1v) is 6.05. The molecule has 0 spiro atoms. The number of urea groups is 1. The Hall–Kier alpha value is -1.34. The average Bonchev–Trinajstić information content (AvgIpc) is 3.17. The number of morpholine rings is 1. The van der Waals surface area contributed by atoms with Gasteiger partial charge in [-0.05, 0) is 12.8 Å². The molecule has 2 amide bonds. The SMILES string of the molecule is O=C(NCC1(C(=O)O)CC1)N1CCOCC1CO. The lowest BCUT2D eigenvalue weighted by Crippen LogP contribution is -2.54. The summed E-state index contributed by atoms with van der Waals surface area (Å²) in [4.78, 5) is 24.4. The number of rotatable bonds is 4. The highest BCUT2D eigenvalue weighted by atomic mass is 16.5. The number of carboxylic acid groups (broad SMARTS) is 1. The molecule has 1 aliphatic carbocycles. The van der Waals surface area contributed by atoms with E-state index in [2.05, 4.69) is 5.32 Å². The molecule has 3 N–H and O–H groups in total. The van der Waals surface area contributed by atoms with E-state index in [0.717, 1.165) is 0 Å². The summed E-state index contributed by atoms with van der Waals surface area (Å²) in [5.41, 5.74) is -0.767. The maximum atomic E-state index is 11.9. The van der Waals surface area contributed by atoms with E-state index in [-0.39, 0.29) is 25.2 Å². The minimum absolute atomic E-state index is 0.149. The van der Waals surface area contributed by atoms with E-state index in [1.165, 1.54) is 4.90 Å². The van der Waals surface area contributed by atoms with Crippen molar-refractivity contribution in [2.45, 2.75) is 18.9 Å². The van der Waals surface area contributed by atoms with Crippen LogP contribution in [0.3, 0.4) is 0 Å². The molecule has 1 atom stereocenters. The monoisotopic (exact) mass is 258 g/mol. The van der Waals surface area contributed by atoms with Gasteiger partial charge in [0, 0.05) is 13.1 Å². The van der Waals surface area contributed by atoms with Crippen molar-refractivity contribution in [3.63, 3.8) is 0 Å². The number of hydrogen-bond donors (Lipinski definition) is 3. The minimum Gasteiger partial charge on any atom is -0.481 e. The molecule has 0 aromatic rings. The van der Waals surface area contributed by atoms with Crippen molar-refractivity contribution >= 4 is 12.0 Å². The number of aliphatic hydroxyl groups excluding tert-OH is 1. The van der Waals surface area contributed by atoms with Gasteiger partial charge < -0.3 is 25.2 Å². The van der Waals surface area contributed by atoms with Crippen LogP contribution >= 0.6 is 0 Å². The van der Waals surface area contributed by atoms with Crippen molar-refractivity contribution in [3.05, 3.63) is 0 Å². The van der Waals surface area contributed by atoms with Gasteiger partial charge in [0.05, 0.1) is 31.3 Å². The Morgan fingerprint density at radius 2 is 2.17 bits per heavy atom. The standard InChI is InChI=1S/C11H18N2O5/c14-5-8-6-18-4-3-13(8)10(17)12-7-11(1-2-11)9(15)16/h8,14H,1-7H2,(H,12,17)(H,15,16). The predicted molar refractivity (Wildman–Crippen MR) is 61.1 cm³/mol. The zero-order chi connectivity index (χ0) is 13.2. The number of nitrogens with one attached hydrogen (secondary N) is 1. The van der Waals surface area contributed by atoms with Crippen LogP contribution in [0, 0.1) is 5.41 Å².